The molecule has 0 heterocycles. The molecule has 1 rings (SSSR count). The third-order valence-electron chi connectivity index (χ3n) is 2.10. The summed E-state index contributed by atoms with van der Waals surface area (Å²) in [6.45, 7) is 7.65. The van der Waals surface area contributed by atoms with Crippen LogP contribution >= 0.6 is 0 Å². The SMILES string of the molecule is C=C(C#N)c1c(C)cc(C)cc1OC. The Hall–Kier alpha value is -1.75. The van der Waals surface area contributed by atoms with Gasteiger partial charge in [-0.2, -0.15) is 5.26 Å². The van der Waals surface area contributed by atoms with Crippen molar-refractivity contribution in [2.75, 3.05) is 7.11 Å². The fourth-order valence-corrected chi connectivity index (χ4v) is 1.53. The minimum absolute atomic E-state index is 0.444. The number of allylic oxidation sites excluding steroid dienone is 1. The van der Waals surface area contributed by atoms with Crippen LogP contribution in [0.5, 0.6) is 5.75 Å². The van der Waals surface area contributed by atoms with E-state index in [1.54, 1.807) is 7.11 Å². The summed E-state index contributed by atoms with van der Waals surface area (Å²) in [7, 11) is 1.60. The van der Waals surface area contributed by atoms with Gasteiger partial charge in [0.05, 0.1) is 18.8 Å². The highest BCUT2D eigenvalue weighted by molar-refractivity contribution is 5.80. The molecule has 0 N–H and O–H groups in total. The van der Waals surface area contributed by atoms with E-state index in [1.807, 2.05) is 32.0 Å². The second-order valence-corrected chi connectivity index (χ2v) is 3.25. The van der Waals surface area contributed by atoms with Crippen LogP contribution in [0.3, 0.4) is 0 Å². The molecule has 0 saturated heterocycles. The monoisotopic (exact) mass is 187 g/mol. The van der Waals surface area contributed by atoms with Crippen molar-refractivity contribution in [3.05, 3.63) is 35.4 Å². The maximum absolute atomic E-state index is 8.80. The van der Waals surface area contributed by atoms with E-state index in [0.717, 1.165) is 16.7 Å². The molecule has 0 spiro atoms. The highest BCUT2D eigenvalue weighted by Gasteiger charge is 2.10. The summed E-state index contributed by atoms with van der Waals surface area (Å²) in [5.41, 5.74) is 3.39. The molecule has 0 aromatic heterocycles. The first kappa shape index (κ1) is 10.3. The minimum Gasteiger partial charge on any atom is -0.496 e. The van der Waals surface area contributed by atoms with Gasteiger partial charge in [-0.1, -0.05) is 12.6 Å². The summed E-state index contributed by atoms with van der Waals surface area (Å²) >= 11 is 0. The van der Waals surface area contributed by atoms with E-state index in [9.17, 15) is 0 Å². The molecule has 72 valence electrons. The Bertz CT molecular complexity index is 413. The van der Waals surface area contributed by atoms with Gasteiger partial charge in [0, 0.05) is 5.56 Å². The number of methoxy groups -OCH3 is 1. The van der Waals surface area contributed by atoms with Gasteiger partial charge in [-0.05, 0) is 31.0 Å². The second kappa shape index (κ2) is 3.97. The molecule has 0 amide bonds. The lowest BCUT2D eigenvalue weighted by atomic mass is 9.99. The first-order valence-electron chi connectivity index (χ1n) is 4.34. The highest BCUT2D eigenvalue weighted by atomic mass is 16.5. The molecule has 0 atom stereocenters. The van der Waals surface area contributed by atoms with Crippen LogP contribution in [0.1, 0.15) is 16.7 Å². The first-order chi connectivity index (χ1) is 6.60. The lowest BCUT2D eigenvalue weighted by Gasteiger charge is -2.11. The van der Waals surface area contributed by atoms with Crippen LogP contribution in [0.15, 0.2) is 18.7 Å². The van der Waals surface area contributed by atoms with Gasteiger partial charge >= 0.3 is 0 Å². The molecule has 0 saturated carbocycles. The van der Waals surface area contributed by atoms with E-state index >= 15 is 0 Å². The number of ether oxygens (including phenoxy) is 1. The average molecular weight is 187 g/mol. The second-order valence-electron chi connectivity index (χ2n) is 3.25. The first-order valence-corrected chi connectivity index (χ1v) is 4.34. The number of nitriles is 1. The van der Waals surface area contributed by atoms with Crippen LogP contribution in [0.4, 0.5) is 0 Å². The smallest absolute Gasteiger partial charge is 0.127 e. The highest BCUT2D eigenvalue weighted by Crippen LogP contribution is 2.29. The zero-order chi connectivity index (χ0) is 10.7. The van der Waals surface area contributed by atoms with Crippen LogP contribution in [0, 0.1) is 25.2 Å². The molecule has 2 nitrogen and oxygen atoms in total. The maximum Gasteiger partial charge on any atom is 0.127 e. The fourth-order valence-electron chi connectivity index (χ4n) is 1.53. The van der Waals surface area contributed by atoms with E-state index in [4.69, 9.17) is 10.00 Å². The Morgan fingerprint density at radius 2 is 2.07 bits per heavy atom. The number of rotatable bonds is 2. The van der Waals surface area contributed by atoms with E-state index in [-0.39, 0.29) is 0 Å². The Morgan fingerprint density at radius 3 is 2.57 bits per heavy atom. The number of aryl methyl sites for hydroxylation is 2. The predicted octanol–water partition coefficient (Wildman–Crippen LogP) is 2.85. The Kier molecular flexibility index (Phi) is 2.93. The van der Waals surface area contributed by atoms with Crippen molar-refractivity contribution >= 4 is 5.57 Å². The van der Waals surface area contributed by atoms with E-state index in [2.05, 4.69) is 6.58 Å². The summed E-state index contributed by atoms with van der Waals surface area (Å²) < 4.78 is 5.22. The van der Waals surface area contributed by atoms with Crippen molar-refractivity contribution in [3.8, 4) is 11.8 Å². The number of hydrogen-bond acceptors (Lipinski definition) is 2. The van der Waals surface area contributed by atoms with Gasteiger partial charge in [-0.3, -0.25) is 0 Å². The maximum atomic E-state index is 8.80. The zero-order valence-electron chi connectivity index (χ0n) is 8.72. The Labute approximate surface area is 84.4 Å². The molecule has 0 fully saturated rings. The van der Waals surface area contributed by atoms with Gasteiger partial charge in [0.1, 0.15) is 5.75 Å². The molecule has 1 aromatic carbocycles. The lowest BCUT2D eigenvalue weighted by molar-refractivity contribution is 0.413. The molecule has 0 aliphatic rings. The van der Waals surface area contributed by atoms with Gasteiger partial charge in [0.25, 0.3) is 0 Å². The predicted molar refractivity (Wildman–Crippen MR) is 57.1 cm³/mol. The molecule has 0 bridgehead atoms. The van der Waals surface area contributed by atoms with Gasteiger partial charge in [-0.15, -0.1) is 0 Å². The van der Waals surface area contributed by atoms with Gasteiger partial charge < -0.3 is 4.74 Å². The van der Waals surface area contributed by atoms with Crippen molar-refractivity contribution in [2.24, 2.45) is 0 Å². The molecule has 0 radical (unpaired) electrons. The van der Waals surface area contributed by atoms with Crippen molar-refractivity contribution in [3.63, 3.8) is 0 Å². The molecule has 2 heteroatoms. The zero-order valence-corrected chi connectivity index (χ0v) is 8.72. The van der Waals surface area contributed by atoms with Crippen molar-refractivity contribution in [2.45, 2.75) is 13.8 Å². The summed E-state index contributed by atoms with van der Waals surface area (Å²) in [5, 5.41) is 8.80. The van der Waals surface area contributed by atoms with Gasteiger partial charge in [0.15, 0.2) is 0 Å². The normalized spacial score (nSPS) is 9.29. The van der Waals surface area contributed by atoms with Crippen LogP contribution in [-0.4, -0.2) is 7.11 Å². The molecule has 0 aliphatic carbocycles. The van der Waals surface area contributed by atoms with Crippen LogP contribution in [0.25, 0.3) is 5.57 Å². The summed E-state index contributed by atoms with van der Waals surface area (Å²) in [6.07, 6.45) is 0. The quantitative estimate of drug-likeness (QED) is 0.667. The topological polar surface area (TPSA) is 33.0 Å². The van der Waals surface area contributed by atoms with E-state index in [0.29, 0.717) is 11.3 Å². The lowest BCUT2D eigenvalue weighted by Crippen LogP contribution is -1.94. The number of benzene rings is 1. The van der Waals surface area contributed by atoms with Crippen molar-refractivity contribution in [1.82, 2.24) is 0 Å². The fraction of sp³-hybridized carbons (Fsp3) is 0.250. The molecule has 0 unspecified atom stereocenters. The third kappa shape index (κ3) is 1.77. The largest absolute Gasteiger partial charge is 0.496 e. The number of nitrogens with zero attached hydrogens (tertiary/aromatic N) is 1. The van der Waals surface area contributed by atoms with Gasteiger partial charge in [-0.25, -0.2) is 0 Å². The van der Waals surface area contributed by atoms with Crippen LogP contribution in [-0.2, 0) is 0 Å². The van der Waals surface area contributed by atoms with E-state index in [1.165, 1.54) is 0 Å². The standard InChI is InChI=1S/C12H13NO/c1-8-5-9(2)12(10(3)7-13)11(6-8)14-4/h5-6H,3H2,1-2,4H3. The van der Waals surface area contributed by atoms with Gasteiger partial charge in [0.2, 0.25) is 0 Å². The third-order valence-corrected chi connectivity index (χ3v) is 2.10. The molecular formula is C12H13NO. The Morgan fingerprint density at radius 1 is 1.43 bits per heavy atom. The van der Waals surface area contributed by atoms with Crippen LogP contribution < -0.4 is 4.74 Å². The average Bonchev–Trinajstić information content (AvgIpc) is 2.15. The molecule has 14 heavy (non-hydrogen) atoms. The van der Waals surface area contributed by atoms with E-state index < -0.39 is 0 Å². The minimum atomic E-state index is 0.444. The molecule has 1 aromatic rings. The van der Waals surface area contributed by atoms with Crippen LogP contribution in [0.2, 0.25) is 0 Å². The summed E-state index contributed by atoms with van der Waals surface area (Å²) in [4.78, 5) is 0. The number of hydrogen-bond donors (Lipinski definition) is 0. The summed E-state index contributed by atoms with van der Waals surface area (Å²) in [6, 6.07) is 5.96. The Balaban J connectivity index is 3.41. The van der Waals surface area contributed by atoms with Crippen molar-refractivity contribution < 1.29 is 4.74 Å². The van der Waals surface area contributed by atoms with Crippen molar-refractivity contribution in [1.29, 1.82) is 5.26 Å². The molecular weight excluding hydrogens is 174 g/mol. The molecule has 0 aliphatic heterocycles. The summed E-state index contributed by atoms with van der Waals surface area (Å²) in [5.74, 6) is 0.717.